The maximum absolute atomic E-state index is 12.7. The van der Waals surface area contributed by atoms with Gasteiger partial charge in [0.15, 0.2) is 5.69 Å². The number of hydrogen-bond donors (Lipinski definition) is 0. The van der Waals surface area contributed by atoms with E-state index < -0.39 is 0 Å². The quantitative estimate of drug-likeness (QED) is 0.390. The van der Waals surface area contributed by atoms with Crippen molar-refractivity contribution in [2.24, 2.45) is 0 Å². The van der Waals surface area contributed by atoms with Gasteiger partial charge in [-0.3, -0.25) is 4.79 Å². The van der Waals surface area contributed by atoms with Gasteiger partial charge in [0.2, 0.25) is 0 Å². The van der Waals surface area contributed by atoms with Gasteiger partial charge in [-0.15, -0.1) is 11.3 Å². The molecule has 2 aromatic heterocycles. The van der Waals surface area contributed by atoms with Crippen LogP contribution in [0, 0.1) is 6.92 Å². The Morgan fingerprint density at radius 2 is 1.89 bits per heavy atom. The number of nitrogens with zero attached hydrogens (tertiary/aromatic N) is 3. The summed E-state index contributed by atoms with van der Waals surface area (Å²) in [7, 11) is 0. The van der Waals surface area contributed by atoms with Crippen molar-refractivity contribution in [3.63, 3.8) is 0 Å². The van der Waals surface area contributed by atoms with E-state index in [9.17, 15) is 4.79 Å². The lowest BCUT2D eigenvalue weighted by atomic mass is 9.97. The van der Waals surface area contributed by atoms with Crippen molar-refractivity contribution in [2.75, 3.05) is 13.1 Å². The molecule has 4 nitrogen and oxygen atoms in total. The van der Waals surface area contributed by atoms with Crippen molar-refractivity contribution in [1.82, 2.24) is 14.3 Å². The van der Waals surface area contributed by atoms with Gasteiger partial charge in [0, 0.05) is 33.9 Å². The number of piperidine rings is 1. The minimum absolute atomic E-state index is 0.141. The lowest BCUT2D eigenvalue weighted by Gasteiger charge is -2.30. The highest BCUT2D eigenvalue weighted by molar-refractivity contribution is 9.10. The van der Waals surface area contributed by atoms with E-state index in [-0.39, 0.29) is 16.6 Å². The summed E-state index contributed by atoms with van der Waals surface area (Å²) < 4.78 is 5.51. The third-order valence-electron chi connectivity index (χ3n) is 4.86. The highest BCUT2D eigenvalue weighted by atomic mass is 79.9. The van der Waals surface area contributed by atoms with Gasteiger partial charge >= 0.3 is 0 Å². The van der Waals surface area contributed by atoms with Gasteiger partial charge in [0.25, 0.3) is 5.91 Å². The first-order chi connectivity index (χ1) is 13.4. The van der Waals surface area contributed by atoms with E-state index in [1.165, 1.54) is 4.88 Å². The van der Waals surface area contributed by atoms with E-state index in [1.54, 1.807) is 11.3 Å². The summed E-state index contributed by atoms with van der Waals surface area (Å²) in [6.07, 6.45) is 1.77. The highest BCUT2D eigenvalue weighted by Gasteiger charge is 2.29. The lowest BCUT2D eigenvalue weighted by Crippen LogP contribution is -2.38. The molecule has 146 valence electrons. The van der Waals surface area contributed by atoms with E-state index in [0.29, 0.717) is 23.3 Å². The number of likely N-dealkylation sites (tertiary alicyclic amines) is 1. The van der Waals surface area contributed by atoms with Gasteiger partial charge in [-0.1, -0.05) is 51.3 Å². The van der Waals surface area contributed by atoms with Crippen molar-refractivity contribution in [3.05, 3.63) is 53.7 Å². The van der Waals surface area contributed by atoms with Crippen LogP contribution >= 0.6 is 62.0 Å². The SMILES string of the molecule is Cc1sc(C2CCN(C(=O)c3nsc(Cl)c3Cl)CC2)nc1-c1ccc(Br)cc1. The first kappa shape index (κ1) is 20.3. The van der Waals surface area contributed by atoms with Gasteiger partial charge < -0.3 is 4.90 Å². The van der Waals surface area contributed by atoms with Crippen molar-refractivity contribution in [1.29, 1.82) is 0 Å². The molecule has 1 fully saturated rings. The summed E-state index contributed by atoms with van der Waals surface area (Å²) >= 11 is 18.3. The predicted octanol–water partition coefficient (Wildman–Crippen LogP) is 6.66. The standard InChI is InChI=1S/C19H16BrCl2N3OS2/c1-10-15(11-2-4-13(20)5-3-11)23-18(27-10)12-6-8-25(9-7-12)19(26)16-14(21)17(22)28-24-16/h2-5,12H,6-9H2,1H3. The van der Waals surface area contributed by atoms with Crippen LogP contribution in [0.4, 0.5) is 0 Å². The Hall–Kier alpha value is -0.990. The molecule has 9 heteroatoms. The molecule has 0 unspecified atom stereocenters. The Morgan fingerprint density at radius 3 is 2.50 bits per heavy atom. The van der Waals surface area contributed by atoms with E-state index >= 15 is 0 Å². The smallest absolute Gasteiger partial charge is 0.275 e. The minimum Gasteiger partial charge on any atom is -0.337 e. The van der Waals surface area contributed by atoms with Crippen LogP contribution in [0.25, 0.3) is 11.3 Å². The maximum atomic E-state index is 12.7. The largest absolute Gasteiger partial charge is 0.337 e. The number of amides is 1. The van der Waals surface area contributed by atoms with Crippen LogP contribution < -0.4 is 0 Å². The van der Waals surface area contributed by atoms with E-state index in [1.807, 2.05) is 17.0 Å². The summed E-state index contributed by atoms with van der Waals surface area (Å²) in [4.78, 5) is 20.6. The molecule has 28 heavy (non-hydrogen) atoms. The topological polar surface area (TPSA) is 46.1 Å². The number of benzene rings is 1. The number of halogens is 3. The molecule has 1 saturated heterocycles. The van der Waals surface area contributed by atoms with Crippen LogP contribution in [0.15, 0.2) is 28.7 Å². The molecular weight excluding hydrogens is 501 g/mol. The van der Waals surface area contributed by atoms with E-state index in [0.717, 1.165) is 45.1 Å². The Bertz CT molecular complexity index is 1010. The number of carbonyl (C=O) groups is 1. The number of thiazole rings is 1. The molecule has 1 aliphatic rings. The second-order valence-corrected chi connectivity index (χ2v) is 10.6. The van der Waals surface area contributed by atoms with Crippen LogP contribution in [0.3, 0.4) is 0 Å². The van der Waals surface area contributed by atoms with E-state index in [4.69, 9.17) is 28.2 Å². The Balaban J connectivity index is 1.45. The average Bonchev–Trinajstić information content (AvgIpc) is 3.25. The summed E-state index contributed by atoms with van der Waals surface area (Å²) in [5.41, 5.74) is 2.44. The fourth-order valence-corrected chi connectivity index (χ4v) is 5.70. The molecule has 0 radical (unpaired) electrons. The molecule has 0 bridgehead atoms. The molecule has 1 aliphatic heterocycles. The summed E-state index contributed by atoms with van der Waals surface area (Å²) in [5.74, 6) is 0.226. The zero-order valence-corrected chi connectivity index (χ0v) is 19.6. The Morgan fingerprint density at radius 1 is 1.21 bits per heavy atom. The second kappa shape index (κ2) is 8.40. The van der Waals surface area contributed by atoms with Crippen LogP contribution in [-0.2, 0) is 0 Å². The highest BCUT2D eigenvalue weighted by Crippen LogP contribution is 2.37. The molecule has 0 saturated carbocycles. The maximum Gasteiger partial charge on any atom is 0.275 e. The van der Waals surface area contributed by atoms with Gasteiger partial charge in [-0.05, 0) is 43.4 Å². The Labute approximate surface area is 189 Å². The van der Waals surface area contributed by atoms with Crippen molar-refractivity contribution >= 4 is 67.9 Å². The van der Waals surface area contributed by atoms with Crippen LogP contribution in [0.1, 0.15) is 39.1 Å². The van der Waals surface area contributed by atoms with Crippen molar-refractivity contribution < 1.29 is 4.79 Å². The molecule has 0 aliphatic carbocycles. The molecule has 3 aromatic rings. The third-order valence-corrected chi connectivity index (χ3v) is 8.14. The number of carbonyl (C=O) groups excluding carboxylic acids is 1. The third kappa shape index (κ3) is 4.00. The van der Waals surface area contributed by atoms with Gasteiger partial charge in [0.1, 0.15) is 9.36 Å². The number of hydrogen-bond acceptors (Lipinski definition) is 5. The Kier molecular flexibility index (Phi) is 6.09. The van der Waals surface area contributed by atoms with Crippen LogP contribution in [0.2, 0.25) is 9.36 Å². The zero-order chi connectivity index (χ0) is 19.8. The van der Waals surface area contributed by atoms with E-state index in [2.05, 4.69) is 39.4 Å². The molecule has 0 N–H and O–H groups in total. The monoisotopic (exact) mass is 515 g/mol. The van der Waals surface area contributed by atoms with Crippen LogP contribution in [-0.4, -0.2) is 33.3 Å². The first-order valence-electron chi connectivity index (χ1n) is 8.77. The number of rotatable bonds is 3. The average molecular weight is 517 g/mol. The molecule has 1 aromatic carbocycles. The van der Waals surface area contributed by atoms with Crippen LogP contribution in [0.5, 0.6) is 0 Å². The first-order valence-corrected chi connectivity index (χ1v) is 11.9. The second-order valence-electron chi connectivity index (χ2n) is 6.65. The number of aromatic nitrogens is 2. The van der Waals surface area contributed by atoms with Crippen molar-refractivity contribution in [2.45, 2.75) is 25.7 Å². The molecule has 4 rings (SSSR count). The fraction of sp³-hybridized carbons (Fsp3) is 0.316. The summed E-state index contributed by atoms with van der Waals surface area (Å²) in [6.45, 7) is 3.45. The molecule has 1 amide bonds. The summed E-state index contributed by atoms with van der Waals surface area (Å²) in [5, 5.41) is 1.41. The molecule has 0 atom stereocenters. The van der Waals surface area contributed by atoms with Gasteiger partial charge in [0.05, 0.1) is 10.7 Å². The van der Waals surface area contributed by atoms with Gasteiger partial charge in [-0.2, -0.15) is 4.37 Å². The normalized spacial score (nSPS) is 15.2. The number of aryl methyl sites for hydroxylation is 1. The fourth-order valence-electron chi connectivity index (χ4n) is 3.34. The van der Waals surface area contributed by atoms with Crippen molar-refractivity contribution in [3.8, 4) is 11.3 Å². The van der Waals surface area contributed by atoms with Gasteiger partial charge in [-0.25, -0.2) is 4.98 Å². The molecular formula is C19H16BrCl2N3OS2. The predicted molar refractivity (Wildman–Crippen MR) is 120 cm³/mol. The zero-order valence-electron chi connectivity index (χ0n) is 14.9. The molecule has 3 heterocycles. The summed E-state index contributed by atoms with van der Waals surface area (Å²) in [6, 6.07) is 8.24. The molecule has 0 spiro atoms. The minimum atomic E-state index is -0.141. The lowest BCUT2D eigenvalue weighted by molar-refractivity contribution is 0.0708.